The van der Waals surface area contributed by atoms with E-state index < -0.39 is 17.6 Å². The highest BCUT2D eigenvalue weighted by Crippen LogP contribution is 2.34. The van der Waals surface area contributed by atoms with Gasteiger partial charge in [0.25, 0.3) is 0 Å². The van der Waals surface area contributed by atoms with Gasteiger partial charge in [-0.05, 0) is 30.3 Å². The summed E-state index contributed by atoms with van der Waals surface area (Å²) in [5.41, 5.74) is 0.0331. The maximum Gasteiger partial charge on any atom is 0.419 e. The van der Waals surface area contributed by atoms with E-state index >= 15 is 0 Å². The molecular formula is C10H9F4N. The van der Waals surface area contributed by atoms with Gasteiger partial charge in [0, 0.05) is 13.1 Å². The average molecular weight is 219 g/mol. The summed E-state index contributed by atoms with van der Waals surface area (Å²) in [6.07, 6.45) is -4.61. The van der Waals surface area contributed by atoms with E-state index in [2.05, 4.69) is 0 Å². The lowest BCUT2D eigenvalue weighted by molar-refractivity contribution is -0.140. The Balaban J connectivity index is 2.49. The fourth-order valence-electron chi connectivity index (χ4n) is 1.81. The molecule has 0 amide bonds. The second-order valence-corrected chi connectivity index (χ2v) is 3.77. The van der Waals surface area contributed by atoms with Crippen LogP contribution in [-0.2, 0) is 19.3 Å². The molecule has 0 unspecified atom stereocenters. The number of fused-ring (bicyclic) bond motifs is 1. The minimum Gasteiger partial charge on any atom is -0.298 e. The van der Waals surface area contributed by atoms with E-state index in [4.69, 9.17) is 0 Å². The molecule has 82 valence electrons. The van der Waals surface area contributed by atoms with Crippen molar-refractivity contribution >= 4 is 0 Å². The first-order valence-electron chi connectivity index (χ1n) is 4.45. The molecule has 0 bridgehead atoms. The summed E-state index contributed by atoms with van der Waals surface area (Å²) in [4.78, 5) is 1.84. The van der Waals surface area contributed by atoms with Crippen molar-refractivity contribution in [1.29, 1.82) is 0 Å². The number of hydrogen-bond acceptors (Lipinski definition) is 1. The normalized spacial score (nSPS) is 16.9. The highest BCUT2D eigenvalue weighted by atomic mass is 19.4. The molecule has 0 saturated carbocycles. The Morgan fingerprint density at radius 3 is 2.20 bits per heavy atom. The van der Waals surface area contributed by atoms with Crippen molar-refractivity contribution in [2.75, 3.05) is 7.05 Å². The van der Waals surface area contributed by atoms with Crippen LogP contribution in [0.15, 0.2) is 12.1 Å². The molecule has 2 rings (SSSR count). The molecular weight excluding hydrogens is 210 g/mol. The number of halogens is 4. The van der Waals surface area contributed by atoms with Gasteiger partial charge in [-0.2, -0.15) is 13.2 Å². The van der Waals surface area contributed by atoms with Gasteiger partial charge in [0.2, 0.25) is 0 Å². The van der Waals surface area contributed by atoms with Crippen LogP contribution in [0.3, 0.4) is 0 Å². The van der Waals surface area contributed by atoms with E-state index in [0.717, 1.165) is 12.1 Å². The summed E-state index contributed by atoms with van der Waals surface area (Å²) in [5, 5.41) is 0. The van der Waals surface area contributed by atoms with Gasteiger partial charge in [-0.3, -0.25) is 4.90 Å². The maximum absolute atomic E-state index is 13.1. The third-order valence-corrected chi connectivity index (χ3v) is 2.48. The molecule has 1 heterocycles. The SMILES string of the molecule is CN1Cc2cc(F)c(C(F)(F)F)cc2C1. The van der Waals surface area contributed by atoms with Crippen LogP contribution in [0.5, 0.6) is 0 Å². The molecule has 0 N–H and O–H groups in total. The molecule has 1 aromatic carbocycles. The lowest BCUT2D eigenvalue weighted by Crippen LogP contribution is -2.09. The first-order chi connectivity index (χ1) is 6.88. The fourth-order valence-corrected chi connectivity index (χ4v) is 1.81. The quantitative estimate of drug-likeness (QED) is 0.606. The second-order valence-electron chi connectivity index (χ2n) is 3.77. The molecule has 0 spiro atoms. The van der Waals surface area contributed by atoms with Gasteiger partial charge in [-0.25, -0.2) is 4.39 Å². The van der Waals surface area contributed by atoms with Crippen LogP contribution in [-0.4, -0.2) is 11.9 Å². The van der Waals surface area contributed by atoms with E-state index in [1.54, 1.807) is 7.05 Å². The molecule has 1 aliphatic heterocycles. The summed E-state index contributed by atoms with van der Waals surface area (Å²) in [7, 11) is 1.78. The van der Waals surface area contributed by atoms with E-state index in [1.807, 2.05) is 4.90 Å². The van der Waals surface area contributed by atoms with Gasteiger partial charge in [-0.1, -0.05) is 0 Å². The molecule has 5 heteroatoms. The first kappa shape index (κ1) is 10.4. The Morgan fingerprint density at radius 2 is 1.67 bits per heavy atom. The predicted octanol–water partition coefficient (Wildman–Crippen LogP) is 2.79. The smallest absolute Gasteiger partial charge is 0.298 e. The molecule has 1 aliphatic rings. The van der Waals surface area contributed by atoms with Crippen LogP contribution in [0.4, 0.5) is 17.6 Å². The largest absolute Gasteiger partial charge is 0.419 e. The fraction of sp³-hybridized carbons (Fsp3) is 0.400. The minimum absolute atomic E-state index is 0.443. The van der Waals surface area contributed by atoms with Crippen molar-refractivity contribution < 1.29 is 17.6 Å². The van der Waals surface area contributed by atoms with Crippen molar-refractivity contribution in [2.45, 2.75) is 19.3 Å². The maximum atomic E-state index is 13.1. The number of alkyl halides is 3. The van der Waals surface area contributed by atoms with Crippen molar-refractivity contribution in [2.24, 2.45) is 0 Å². The van der Waals surface area contributed by atoms with Gasteiger partial charge in [0.1, 0.15) is 5.82 Å². The molecule has 0 aromatic heterocycles. The van der Waals surface area contributed by atoms with Gasteiger partial charge in [-0.15, -0.1) is 0 Å². The lowest BCUT2D eigenvalue weighted by Gasteiger charge is -2.09. The molecule has 0 fully saturated rings. The molecule has 0 radical (unpaired) electrons. The zero-order valence-electron chi connectivity index (χ0n) is 8.03. The molecule has 1 nitrogen and oxygen atoms in total. The third-order valence-electron chi connectivity index (χ3n) is 2.48. The topological polar surface area (TPSA) is 3.24 Å². The number of hydrogen-bond donors (Lipinski definition) is 0. The van der Waals surface area contributed by atoms with Crippen LogP contribution in [0.1, 0.15) is 16.7 Å². The van der Waals surface area contributed by atoms with E-state index in [-0.39, 0.29) is 0 Å². The highest BCUT2D eigenvalue weighted by molar-refractivity contribution is 5.36. The monoisotopic (exact) mass is 219 g/mol. The van der Waals surface area contributed by atoms with Crippen LogP contribution in [0.2, 0.25) is 0 Å². The zero-order valence-corrected chi connectivity index (χ0v) is 8.03. The summed E-state index contributed by atoms with van der Waals surface area (Å²) in [6.45, 7) is 0.948. The zero-order chi connectivity index (χ0) is 11.2. The summed E-state index contributed by atoms with van der Waals surface area (Å²) < 4.78 is 50.2. The van der Waals surface area contributed by atoms with Crippen molar-refractivity contribution in [3.63, 3.8) is 0 Å². The Kier molecular flexibility index (Phi) is 2.22. The van der Waals surface area contributed by atoms with Gasteiger partial charge < -0.3 is 0 Å². The van der Waals surface area contributed by atoms with Crippen LogP contribution in [0, 0.1) is 5.82 Å². The molecule has 0 atom stereocenters. The van der Waals surface area contributed by atoms with E-state index in [1.165, 1.54) is 0 Å². The van der Waals surface area contributed by atoms with Crippen LogP contribution < -0.4 is 0 Å². The Morgan fingerprint density at radius 1 is 1.13 bits per heavy atom. The van der Waals surface area contributed by atoms with Crippen molar-refractivity contribution in [3.8, 4) is 0 Å². The lowest BCUT2D eigenvalue weighted by atomic mass is 10.1. The minimum atomic E-state index is -4.61. The van der Waals surface area contributed by atoms with Gasteiger partial charge >= 0.3 is 6.18 Å². The van der Waals surface area contributed by atoms with E-state index in [0.29, 0.717) is 24.2 Å². The van der Waals surface area contributed by atoms with Gasteiger partial charge in [0.15, 0.2) is 0 Å². The molecule has 15 heavy (non-hydrogen) atoms. The standard InChI is InChI=1S/C10H9F4N/c1-15-4-6-2-8(10(12,13)14)9(11)3-7(6)5-15/h2-3H,4-5H2,1H3. The Hall–Kier alpha value is -1.10. The summed E-state index contributed by atoms with van der Waals surface area (Å²) >= 11 is 0. The highest BCUT2D eigenvalue weighted by Gasteiger charge is 2.35. The third kappa shape index (κ3) is 1.84. The summed E-state index contributed by atoms with van der Waals surface area (Å²) in [6, 6.07) is 1.90. The second kappa shape index (κ2) is 3.20. The number of rotatable bonds is 0. The Labute approximate surface area is 84.3 Å². The van der Waals surface area contributed by atoms with Crippen molar-refractivity contribution in [1.82, 2.24) is 4.90 Å². The van der Waals surface area contributed by atoms with Crippen molar-refractivity contribution in [3.05, 3.63) is 34.6 Å². The average Bonchev–Trinajstić information content (AvgIpc) is 2.40. The molecule has 0 aliphatic carbocycles. The number of nitrogens with zero attached hydrogens (tertiary/aromatic N) is 1. The van der Waals surface area contributed by atoms with Crippen LogP contribution in [0.25, 0.3) is 0 Å². The van der Waals surface area contributed by atoms with Gasteiger partial charge in [0.05, 0.1) is 5.56 Å². The molecule has 0 saturated heterocycles. The van der Waals surface area contributed by atoms with Crippen LogP contribution >= 0.6 is 0 Å². The summed E-state index contributed by atoms with van der Waals surface area (Å²) in [5.74, 6) is -1.18. The molecule has 1 aromatic rings. The first-order valence-corrected chi connectivity index (χ1v) is 4.45. The van der Waals surface area contributed by atoms with E-state index in [9.17, 15) is 17.6 Å². The number of benzene rings is 1. The predicted molar refractivity (Wildman–Crippen MR) is 46.6 cm³/mol. The Bertz CT molecular complexity index is 397.